The molecule has 0 saturated heterocycles. The van der Waals surface area contributed by atoms with E-state index >= 15 is 0 Å². The normalized spacial score (nSPS) is 11.3. The minimum Gasteiger partial charge on any atom is -0.493 e. The molecule has 0 bridgehead atoms. The maximum Gasteiger partial charge on any atom is 0.332 e. The van der Waals surface area contributed by atoms with Crippen LogP contribution in [0.4, 0.5) is 0 Å². The average molecular weight is 435 g/mol. The van der Waals surface area contributed by atoms with Crippen LogP contribution in [0.15, 0.2) is 56.5 Å². The van der Waals surface area contributed by atoms with Gasteiger partial charge in [-0.2, -0.15) is 0 Å². The monoisotopic (exact) mass is 435 g/mol. The summed E-state index contributed by atoms with van der Waals surface area (Å²) < 4.78 is 19.4. The number of nitrogens with zero attached hydrogens (tertiary/aromatic N) is 3. The molecular formula is C24H25N3O5. The summed E-state index contributed by atoms with van der Waals surface area (Å²) in [6, 6.07) is 12.2. The lowest BCUT2D eigenvalue weighted by atomic mass is 10.2. The fourth-order valence-corrected chi connectivity index (χ4v) is 3.76. The van der Waals surface area contributed by atoms with E-state index in [4.69, 9.17) is 13.9 Å². The summed E-state index contributed by atoms with van der Waals surface area (Å²) in [6.07, 6.45) is 0. The second-order valence-electron chi connectivity index (χ2n) is 7.75. The van der Waals surface area contributed by atoms with Crippen molar-refractivity contribution in [2.24, 2.45) is 0 Å². The predicted octanol–water partition coefficient (Wildman–Crippen LogP) is 3.77. The molecule has 0 aliphatic heterocycles. The number of aromatic nitrogens is 3. The zero-order valence-corrected chi connectivity index (χ0v) is 18.7. The first-order chi connectivity index (χ1) is 15.3. The lowest BCUT2D eigenvalue weighted by Crippen LogP contribution is -2.41. The quantitative estimate of drug-likeness (QED) is 0.458. The summed E-state index contributed by atoms with van der Waals surface area (Å²) in [5.41, 5.74) is 1.23. The number of hydrogen-bond donors (Lipinski definition) is 0. The van der Waals surface area contributed by atoms with Crippen molar-refractivity contribution < 1.29 is 13.9 Å². The van der Waals surface area contributed by atoms with Crippen LogP contribution in [-0.4, -0.2) is 28.3 Å². The Kier molecular flexibility index (Phi) is 5.61. The van der Waals surface area contributed by atoms with Gasteiger partial charge in [0.1, 0.15) is 11.5 Å². The van der Waals surface area contributed by atoms with E-state index < -0.39 is 0 Å². The zero-order chi connectivity index (χ0) is 23.0. The van der Waals surface area contributed by atoms with Crippen molar-refractivity contribution in [3.05, 3.63) is 74.8 Å². The predicted molar refractivity (Wildman–Crippen MR) is 122 cm³/mol. The molecule has 4 rings (SSSR count). The Labute approximate surface area is 184 Å². The Balaban J connectivity index is 1.83. The van der Waals surface area contributed by atoms with E-state index in [0.29, 0.717) is 39.7 Å². The highest BCUT2D eigenvalue weighted by Crippen LogP contribution is 2.32. The molecule has 4 aromatic rings. The van der Waals surface area contributed by atoms with Gasteiger partial charge in [-0.25, -0.2) is 9.78 Å². The summed E-state index contributed by atoms with van der Waals surface area (Å²) >= 11 is 0. The van der Waals surface area contributed by atoms with Crippen molar-refractivity contribution >= 4 is 10.9 Å². The molecule has 2 aromatic carbocycles. The van der Waals surface area contributed by atoms with Gasteiger partial charge >= 0.3 is 5.69 Å². The topological polar surface area (TPSA) is 88.5 Å². The molecule has 0 saturated carbocycles. The third-order valence-corrected chi connectivity index (χ3v) is 5.43. The second kappa shape index (κ2) is 8.37. The molecule has 0 unspecified atom stereocenters. The third kappa shape index (κ3) is 3.57. The summed E-state index contributed by atoms with van der Waals surface area (Å²) in [7, 11) is 3.14. The van der Waals surface area contributed by atoms with Crippen LogP contribution in [-0.2, 0) is 6.54 Å². The van der Waals surface area contributed by atoms with E-state index in [-0.39, 0.29) is 23.8 Å². The highest BCUT2D eigenvalue weighted by Gasteiger charge is 2.19. The van der Waals surface area contributed by atoms with Crippen LogP contribution in [0.1, 0.15) is 31.3 Å². The lowest BCUT2D eigenvalue weighted by molar-refractivity contribution is 0.355. The lowest BCUT2D eigenvalue weighted by Gasteiger charge is -2.15. The van der Waals surface area contributed by atoms with Crippen LogP contribution in [0.3, 0.4) is 0 Å². The van der Waals surface area contributed by atoms with E-state index in [1.54, 1.807) is 56.0 Å². The number of aryl methyl sites for hydroxylation is 1. The molecule has 166 valence electrons. The Bertz CT molecular complexity index is 1410. The van der Waals surface area contributed by atoms with Gasteiger partial charge in [-0.3, -0.25) is 13.9 Å². The standard InChI is InChI=1S/C24H25N3O5/c1-14(2)27-23(28)17-8-6-7-9-19(17)26(24(27)29)13-18-15(3)32-22(25-18)16-10-11-20(30-4)21(12-16)31-5/h6-12,14H,13H2,1-5H3. The third-order valence-electron chi connectivity index (χ3n) is 5.43. The first-order valence-electron chi connectivity index (χ1n) is 10.3. The molecule has 0 aliphatic rings. The van der Waals surface area contributed by atoms with E-state index in [0.717, 1.165) is 5.56 Å². The van der Waals surface area contributed by atoms with Crippen molar-refractivity contribution in [2.45, 2.75) is 33.4 Å². The van der Waals surface area contributed by atoms with E-state index in [1.807, 2.05) is 26.0 Å². The first-order valence-corrected chi connectivity index (χ1v) is 10.3. The second-order valence-corrected chi connectivity index (χ2v) is 7.75. The SMILES string of the molecule is COc1ccc(-c2nc(Cn3c(=O)n(C(C)C)c(=O)c4ccccc43)c(C)o2)cc1OC. The van der Waals surface area contributed by atoms with Crippen molar-refractivity contribution in [2.75, 3.05) is 14.2 Å². The van der Waals surface area contributed by atoms with Gasteiger partial charge in [-0.05, 0) is 51.1 Å². The molecule has 2 aromatic heterocycles. The van der Waals surface area contributed by atoms with Gasteiger partial charge in [0.2, 0.25) is 5.89 Å². The molecule has 0 spiro atoms. The number of fused-ring (bicyclic) bond motifs is 1. The first kappa shape index (κ1) is 21.4. The highest BCUT2D eigenvalue weighted by molar-refractivity contribution is 5.78. The van der Waals surface area contributed by atoms with Crippen LogP contribution >= 0.6 is 0 Å². The molecule has 8 heteroatoms. The van der Waals surface area contributed by atoms with Gasteiger partial charge in [0.05, 0.1) is 31.7 Å². The maximum absolute atomic E-state index is 13.2. The highest BCUT2D eigenvalue weighted by atomic mass is 16.5. The Morgan fingerprint density at radius 3 is 2.44 bits per heavy atom. The Hall–Kier alpha value is -3.81. The van der Waals surface area contributed by atoms with Crippen LogP contribution in [0.25, 0.3) is 22.4 Å². The van der Waals surface area contributed by atoms with Gasteiger partial charge in [0.15, 0.2) is 11.5 Å². The Morgan fingerprint density at radius 1 is 1.03 bits per heavy atom. The minimum absolute atomic E-state index is 0.176. The molecule has 0 fully saturated rings. The van der Waals surface area contributed by atoms with Gasteiger partial charge in [-0.15, -0.1) is 0 Å². The summed E-state index contributed by atoms with van der Waals surface area (Å²) in [4.78, 5) is 30.7. The molecule has 0 aliphatic carbocycles. The van der Waals surface area contributed by atoms with Gasteiger partial charge < -0.3 is 13.9 Å². The molecule has 0 N–H and O–H groups in total. The number of rotatable bonds is 6. The van der Waals surface area contributed by atoms with Crippen molar-refractivity contribution in [1.82, 2.24) is 14.1 Å². The number of benzene rings is 2. The average Bonchev–Trinajstić information content (AvgIpc) is 3.16. The fourth-order valence-electron chi connectivity index (χ4n) is 3.76. The van der Waals surface area contributed by atoms with Crippen LogP contribution < -0.4 is 20.7 Å². The minimum atomic E-state index is -0.376. The molecule has 0 amide bonds. The molecular weight excluding hydrogens is 410 g/mol. The van der Waals surface area contributed by atoms with E-state index in [1.165, 1.54) is 4.57 Å². The summed E-state index contributed by atoms with van der Waals surface area (Å²) in [5.74, 6) is 2.17. The smallest absolute Gasteiger partial charge is 0.332 e. The van der Waals surface area contributed by atoms with Gasteiger partial charge in [0, 0.05) is 11.6 Å². The fraction of sp³-hybridized carbons (Fsp3) is 0.292. The number of methoxy groups -OCH3 is 2. The van der Waals surface area contributed by atoms with Crippen LogP contribution in [0.5, 0.6) is 11.5 Å². The molecule has 8 nitrogen and oxygen atoms in total. The summed E-state index contributed by atoms with van der Waals surface area (Å²) in [6.45, 7) is 5.62. The number of para-hydroxylation sites is 1. The van der Waals surface area contributed by atoms with E-state index in [2.05, 4.69) is 4.98 Å². The number of ether oxygens (including phenoxy) is 2. The van der Waals surface area contributed by atoms with Crippen molar-refractivity contribution in [1.29, 1.82) is 0 Å². The molecule has 32 heavy (non-hydrogen) atoms. The summed E-state index contributed by atoms with van der Waals surface area (Å²) in [5, 5.41) is 0.488. The molecule has 2 heterocycles. The van der Waals surface area contributed by atoms with Gasteiger partial charge in [-0.1, -0.05) is 12.1 Å². The molecule has 0 atom stereocenters. The zero-order valence-electron chi connectivity index (χ0n) is 18.7. The van der Waals surface area contributed by atoms with Crippen molar-refractivity contribution in [3.63, 3.8) is 0 Å². The largest absolute Gasteiger partial charge is 0.493 e. The van der Waals surface area contributed by atoms with E-state index in [9.17, 15) is 9.59 Å². The number of oxazole rings is 1. The molecule has 0 radical (unpaired) electrons. The van der Waals surface area contributed by atoms with Crippen molar-refractivity contribution in [3.8, 4) is 23.0 Å². The maximum atomic E-state index is 13.2. The Morgan fingerprint density at radius 2 is 1.75 bits per heavy atom. The van der Waals surface area contributed by atoms with Crippen LogP contribution in [0.2, 0.25) is 0 Å². The van der Waals surface area contributed by atoms with Gasteiger partial charge in [0.25, 0.3) is 5.56 Å². The van der Waals surface area contributed by atoms with Crippen LogP contribution in [0, 0.1) is 6.92 Å². The number of hydrogen-bond acceptors (Lipinski definition) is 6.